The Balaban J connectivity index is 1.66. The molecule has 0 fully saturated rings. The highest BCUT2D eigenvalue weighted by atomic mass is 16.6. The van der Waals surface area contributed by atoms with Crippen LogP contribution >= 0.6 is 0 Å². The van der Waals surface area contributed by atoms with Crippen LogP contribution in [0.5, 0.6) is 0 Å². The van der Waals surface area contributed by atoms with Crippen LogP contribution in [-0.4, -0.2) is 27.3 Å². The van der Waals surface area contributed by atoms with Gasteiger partial charge in [-0.2, -0.15) is 0 Å². The zero-order valence-corrected chi connectivity index (χ0v) is 18.8. The number of nitrogens with zero attached hydrogens (tertiary/aromatic N) is 3. The third-order valence-electron chi connectivity index (χ3n) is 5.45. The highest BCUT2D eigenvalue weighted by Gasteiger charge is 2.21. The smallest absolute Gasteiger partial charge is 0.270 e. The van der Waals surface area contributed by atoms with Crippen LogP contribution in [0.1, 0.15) is 28.0 Å². The normalized spacial score (nSPS) is 10.6. The van der Waals surface area contributed by atoms with Crippen molar-refractivity contribution in [3.05, 3.63) is 112 Å². The number of carbonyl (C=O) groups is 1. The van der Waals surface area contributed by atoms with Crippen molar-refractivity contribution in [2.24, 2.45) is 0 Å². The van der Waals surface area contributed by atoms with Gasteiger partial charge in [-0.1, -0.05) is 72.8 Å². The molecule has 4 rings (SSSR count). The Morgan fingerprint density at radius 2 is 1.59 bits per heavy atom. The second kappa shape index (κ2) is 10.5. The Labute approximate surface area is 197 Å². The summed E-state index contributed by atoms with van der Waals surface area (Å²) in [4.78, 5) is 33.4. The Hall–Kier alpha value is -4.39. The summed E-state index contributed by atoms with van der Waals surface area (Å²) in [5.74, 6) is 0.159. The van der Waals surface area contributed by atoms with Gasteiger partial charge in [0.2, 0.25) is 0 Å². The molecule has 34 heavy (non-hydrogen) atoms. The number of hydrogen-bond acceptors (Lipinski definition) is 5. The fourth-order valence-electron chi connectivity index (χ4n) is 3.76. The lowest BCUT2D eigenvalue weighted by molar-refractivity contribution is -0.384. The van der Waals surface area contributed by atoms with Crippen LogP contribution in [0.15, 0.2) is 84.9 Å². The molecule has 3 aromatic carbocycles. The van der Waals surface area contributed by atoms with E-state index in [4.69, 9.17) is 0 Å². The molecule has 170 valence electrons. The lowest BCUT2D eigenvalue weighted by Crippen LogP contribution is -2.27. The number of carbonyl (C=O) groups excluding carboxylic acids is 1. The zero-order chi connectivity index (χ0) is 23.9. The van der Waals surface area contributed by atoms with Gasteiger partial charge in [0.15, 0.2) is 5.82 Å². The summed E-state index contributed by atoms with van der Waals surface area (Å²) in [5.41, 5.74) is 3.63. The molecule has 0 spiro atoms. The molecule has 0 bridgehead atoms. The number of nitro groups is 1. The van der Waals surface area contributed by atoms with Gasteiger partial charge in [0, 0.05) is 29.8 Å². The summed E-state index contributed by atoms with van der Waals surface area (Å²) in [6.07, 6.45) is 1.63. The van der Waals surface area contributed by atoms with Gasteiger partial charge in [-0.3, -0.25) is 14.9 Å². The van der Waals surface area contributed by atoms with E-state index in [2.05, 4.69) is 27.4 Å². The highest BCUT2D eigenvalue weighted by molar-refractivity contribution is 6.01. The van der Waals surface area contributed by atoms with Crippen molar-refractivity contribution in [2.45, 2.75) is 19.8 Å². The quantitative estimate of drug-likeness (QED) is 0.220. The molecule has 7 nitrogen and oxygen atoms in total. The van der Waals surface area contributed by atoms with Crippen LogP contribution in [-0.2, 0) is 6.42 Å². The minimum Gasteiger partial charge on any atom is -0.352 e. The van der Waals surface area contributed by atoms with Gasteiger partial charge in [-0.25, -0.2) is 9.97 Å². The molecule has 1 amide bonds. The Bertz CT molecular complexity index is 1310. The summed E-state index contributed by atoms with van der Waals surface area (Å²) in [6, 6.07) is 25.7. The van der Waals surface area contributed by atoms with Gasteiger partial charge in [0.1, 0.15) is 0 Å². The van der Waals surface area contributed by atoms with Gasteiger partial charge >= 0.3 is 0 Å². The van der Waals surface area contributed by atoms with Crippen LogP contribution < -0.4 is 5.32 Å². The van der Waals surface area contributed by atoms with Crippen molar-refractivity contribution in [1.82, 2.24) is 15.3 Å². The molecule has 0 atom stereocenters. The van der Waals surface area contributed by atoms with E-state index >= 15 is 0 Å². The van der Waals surface area contributed by atoms with E-state index in [1.165, 1.54) is 17.7 Å². The summed E-state index contributed by atoms with van der Waals surface area (Å²) < 4.78 is 0. The first-order chi connectivity index (χ1) is 16.5. The van der Waals surface area contributed by atoms with Crippen molar-refractivity contribution >= 4 is 11.6 Å². The van der Waals surface area contributed by atoms with Crippen molar-refractivity contribution in [3.63, 3.8) is 0 Å². The van der Waals surface area contributed by atoms with E-state index < -0.39 is 4.92 Å². The van der Waals surface area contributed by atoms with E-state index in [1.54, 1.807) is 19.1 Å². The molecule has 0 saturated heterocycles. The van der Waals surface area contributed by atoms with Gasteiger partial charge < -0.3 is 5.32 Å². The van der Waals surface area contributed by atoms with Crippen LogP contribution in [0.25, 0.3) is 22.6 Å². The topological polar surface area (TPSA) is 98.0 Å². The van der Waals surface area contributed by atoms with E-state index in [1.807, 2.05) is 48.5 Å². The number of nitrogens with one attached hydrogen (secondary N) is 1. The van der Waals surface area contributed by atoms with Gasteiger partial charge in [-0.05, 0) is 25.3 Å². The molecule has 0 aliphatic carbocycles. The first kappa shape index (κ1) is 22.8. The monoisotopic (exact) mass is 452 g/mol. The maximum absolute atomic E-state index is 13.2. The Kier molecular flexibility index (Phi) is 7.03. The Morgan fingerprint density at radius 1 is 0.912 bits per heavy atom. The second-order valence-electron chi connectivity index (χ2n) is 7.87. The molecular weight excluding hydrogens is 428 g/mol. The van der Waals surface area contributed by atoms with E-state index in [9.17, 15) is 14.9 Å². The van der Waals surface area contributed by atoms with Crippen LogP contribution in [0.4, 0.5) is 5.69 Å². The molecule has 4 aromatic rings. The van der Waals surface area contributed by atoms with Gasteiger partial charge in [0.05, 0.1) is 21.9 Å². The molecule has 1 heterocycles. The molecule has 0 saturated carbocycles. The molecule has 1 N–H and O–H groups in total. The molecule has 0 unspecified atom stereocenters. The number of benzene rings is 3. The lowest BCUT2D eigenvalue weighted by Gasteiger charge is -2.14. The predicted molar refractivity (Wildman–Crippen MR) is 131 cm³/mol. The second-order valence-corrected chi connectivity index (χ2v) is 7.87. The Morgan fingerprint density at radius 3 is 2.29 bits per heavy atom. The summed E-state index contributed by atoms with van der Waals surface area (Å²) in [7, 11) is 0. The van der Waals surface area contributed by atoms with Crippen LogP contribution in [0.3, 0.4) is 0 Å². The number of non-ortho nitro benzene ring substituents is 1. The van der Waals surface area contributed by atoms with Crippen molar-refractivity contribution in [3.8, 4) is 22.6 Å². The SMILES string of the molecule is Cc1nc(-c2ccccc2)nc(-c2cccc([N+](=O)[O-])c2)c1C(=O)NCCCc1ccccc1. The first-order valence-electron chi connectivity index (χ1n) is 11.0. The minimum atomic E-state index is -0.459. The van der Waals surface area contributed by atoms with E-state index in [0.29, 0.717) is 34.9 Å². The van der Waals surface area contributed by atoms with Crippen molar-refractivity contribution < 1.29 is 9.72 Å². The lowest BCUT2D eigenvalue weighted by atomic mass is 10.0. The number of amides is 1. The number of hydrogen-bond donors (Lipinski definition) is 1. The summed E-state index contributed by atoms with van der Waals surface area (Å²) in [6.45, 7) is 2.25. The van der Waals surface area contributed by atoms with Crippen molar-refractivity contribution in [1.29, 1.82) is 0 Å². The van der Waals surface area contributed by atoms with Crippen LogP contribution in [0, 0.1) is 17.0 Å². The van der Waals surface area contributed by atoms with Gasteiger partial charge in [-0.15, -0.1) is 0 Å². The van der Waals surface area contributed by atoms with Gasteiger partial charge in [0.25, 0.3) is 11.6 Å². The summed E-state index contributed by atoms with van der Waals surface area (Å²) >= 11 is 0. The maximum atomic E-state index is 13.2. The molecule has 0 aliphatic heterocycles. The predicted octanol–water partition coefficient (Wildman–Crippen LogP) is 5.39. The fourth-order valence-corrected chi connectivity index (χ4v) is 3.76. The highest BCUT2D eigenvalue weighted by Crippen LogP contribution is 2.29. The maximum Gasteiger partial charge on any atom is 0.270 e. The average molecular weight is 453 g/mol. The fraction of sp³-hybridized carbons (Fsp3) is 0.148. The molecule has 7 heteroatoms. The molecule has 0 radical (unpaired) electrons. The zero-order valence-electron chi connectivity index (χ0n) is 18.8. The van der Waals surface area contributed by atoms with E-state index in [0.717, 1.165) is 18.4 Å². The summed E-state index contributed by atoms with van der Waals surface area (Å²) in [5, 5.41) is 14.3. The number of aromatic nitrogens is 2. The largest absolute Gasteiger partial charge is 0.352 e. The minimum absolute atomic E-state index is 0.0655. The molecule has 0 aliphatic rings. The standard InChI is InChI=1S/C27H24N4O3/c1-19-24(27(32)28-17-9-12-20-10-4-2-5-11-20)25(22-15-8-16-23(18-22)31(33)34)30-26(29-19)21-13-6-3-7-14-21/h2-8,10-11,13-16,18H,9,12,17H2,1H3,(H,28,32). The van der Waals surface area contributed by atoms with Crippen molar-refractivity contribution in [2.75, 3.05) is 6.54 Å². The third-order valence-corrected chi connectivity index (χ3v) is 5.45. The number of aryl methyl sites for hydroxylation is 2. The average Bonchev–Trinajstić information content (AvgIpc) is 2.87. The number of rotatable bonds is 8. The first-order valence-corrected chi connectivity index (χ1v) is 11.0. The molecule has 1 aromatic heterocycles. The van der Waals surface area contributed by atoms with E-state index in [-0.39, 0.29) is 11.6 Å². The number of nitro benzene ring substituents is 1. The van der Waals surface area contributed by atoms with Crippen LogP contribution in [0.2, 0.25) is 0 Å². The third kappa shape index (κ3) is 5.32. The molecular formula is C27H24N4O3.